The van der Waals surface area contributed by atoms with Gasteiger partial charge in [0.2, 0.25) is 0 Å². The summed E-state index contributed by atoms with van der Waals surface area (Å²) in [6, 6.07) is 10.7. The van der Waals surface area contributed by atoms with E-state index in [0.717, 1.165) is 38.6 Å². The van der Waals surface area contributed by atoms with E-state index in [1.54, 1.807) is 11.3 Å². The Kier molecular flexibility index (Phi) is 7.86. The molecule has 2 heterocycles. The van der Waals surface area contributed by atoms with Crippen LogP contribution in [-0.4, -0.2) is 42.5 Å². The number of rotatable bonds is 7. The number of benzene rings is 1. The number of nitrogens with zero attached hydrogens (tertiary/aromatic N) is 3. The molecule has 0 spiro atoms. The molecule has 1 fully saturated rings. The number of aryl methyl sites for hydroxylation is 1. The number of thiazole rings is 1. The quantitative estimate of drug-likeness (QED) is 0.549. The number of aliphatic imine (C=N–C) groups is 1. The van der Waals surface area contributed by atoms with Gasteiger partial charge in [0.1, 0.15) is 0 Å². The number of hydrogen-bond acceptors (Lipinski definition) is 4. The molecule has 1 aliphatic rings. The normalized spacial score (nSPS) is 17.5. The molecule has 2 aromatic rings. The Bertz CT molecular complexity index is 734. The fraction of sp³-hybridized carbons (Fsp3) is 0.545. The molecule has 0 aliphatic carbocycles. The highest BCUT2D eigenvalue weighted by atomic mass is 32.1. The van der Waals surface area contributed by atoms with Crippen LogP contribution in [0.15, 0.2) is 40.7 Å². The monoisotopic (exact) mass is 399 g/mol. The Morgan fingerprint density at radius 1 is 1.29 bits per heavy atom. The van der Waals surface area contributed by atoms with Crippen molar-refractivity contribution in [1.82, 2.24) is 20.5 Å². The molecular formula is C22H33N5S. The lowest BCUT2D eigenvalue weighted by Gasteiger charge is -2.32. The van der Waals surface area contributed by atoms with E-state index in [-0.39, 0.29) is 6.04 Å². The molecule has 2 N–H and O–H groups in total. The van der Waals surface area contributed by atoms with Gasteiger partial charge in [-0.15, -0.1) is 11.3 Å². The summed E-state index contributed by atoms with van der Waals surface area (Å²) in [5.41, 5.74) is 2.50. The lowest BCUT2D eigenvalue weighted by Crippen LogP contribution is -2.43. The van der Waals surface area contributed by atoms with Crippen LogP contribution in [-0.2, 0) is 13.0 Å². The average molecular weight is 400 g/mol. The number of aromatic nitrogens is 1. The fourth-order valence-electron chi connectivity index (χ4n) is 3.63. The smallest absolute Gasteiger partial charge is 0.191 e. The van der Waals surface area contributed by atoms with Gasteiger partial charge < -0.3 is 10.6 Å². The first-order chi connectivity index (χ1) is 13.7. The van der Waals surface area contributed by atoms with E-state index >= 15 is 0 Å². The van der Waals surface area contributed by atoms with Crippen LogP contribution in [0.4, 0.5) is 0 Å². The molecule has 152 valence electrons. The van der Waals surface area contributed by atoms with Crippen LogP contribution in [0.3, 0.4) is 0 Å². The van der Waals surface area contributed by atoms with Gasteiger partial charge in [0, 0.05) is 25.5 Å². The number of nitrogens with one attached hydrogen (secondary N) is 2. The third kappa shape index (κ3) is 6.04. The van der Waals surface area contributed by atoms with E-state index in [2.05, 4.69) is 64.0 Å². The second kappa shape index (κ2) is 10.6. The molecule has 1 aromatic heterocycles. The van der Waals surface area contributed by atoms with Crippen molar-refractivity contribution >= 4 is 17.3 Å². The minimum absolute atomic E-state index is 0.236. The molecule has 1 saturated heterocycles. The van der Waals surface area contributed by atoms with E-state index < -0.39 is 0 Å². The van der Waals surface area contributed by atoms with E-state index in [1.807, 2.05) is 13.1 Å². The van der Waals surface area contributed by atoms with Crippen molar-refractivity contribution in [1.29, 1.82) is 0 Å². The third-order valence-electron chi connectivity index (χ3n) is 5.43. The van der Waals surface area contributed by atoms with Crippen LogP contribution in [0.5, 0.6) is 0 Å². The van der Waals surface area contributed by atoms with Crippen molar-refractivity contribution < 1.29 is 0 Å². The van der Waals surface area contributed by atoms with Crippen LogP contribution in [0.2, 0.25) is 0 Å². The molecule has 1 atom stereocenters. The zero-order valence-electron chi connectivity index (χ0n) is 17.3. The van der Waals surface area contributed by atoms with Crippen molar-refractivity contribution in [2.45, 2.75) is 45.7 Å². The van der Waals surface area contributed by atoms with Gasteiger partial charge >= 0.3 is 0 Å². The zero-order chi connectivity index (χ0) is 19.8. The maximum absolute atomic E-state index is 4.71. The highest BCUT2D eigenvalue weighted by molar-refractivity contribution is 7.09. The molecule has 3 rings (SSSR count). The van der Waals surface area contributed by atoms with Crippen molar-refractivity contribution in [2.24, 2.45) is 10.9 Å². The molecule has 0 amide bonds. The van der Waals surface area contributed by atoms with Gasteiger partial charge in [-0.05, 0) is 50.8 Å². The average Bonchev–Trinajstić information content (AvgIpc) is 3.20. The number of guanidine groups is 1. The Morgan fingerprint density at radius 2 is 2.04 bits per heavy atom. The van der Waals surface area contributed by atoms with Crippen molar-refractivity contribution in [3.8, 4) is 0 Å². The maximum atomic E-state index is 4.71. The lowest BCUT2D eigenvalue weighted by molar-refractivity contribution is 0.176. The molecule has 0 bridgehead atoms. The summed E-state index contributed by atoms with van der Waals surface area (Å²) in [4.78, 5) is 11.6. The Balaban J connectivity index is 1.39. The number of hydrogen-bond donors (Lipinski definition) is 2. The lowest BCUT2D eigenvalue weighted by atomic mass is 9.97. The predicted octanol–water partition coefficient (Wildman–Crippen LogP) is 3.84. The Morgan fingerprint density at radius 3 is 2.68 bits per heavy atom. The summed E-state index contributed by atoms with van der Waals surface area (Å²) < 4.78 is 0. The topological polar surface area (TPSA) is 52.6 Å². The summed E-state index contributed by atoms with van der Waals surface area (Å²) in [6.45, 7) is 8.61. The highest BCUT2D eigenvalue weighted by Crippen LogP contribution is 2.19. The van der Waals surface area contributed by atoms with Crippen molar-refractivity contribution in [2.75, 3.05) is 26.7 Å². The molecule has 1 unspecified atom stereocenters. The largest absolute Gasteiger partial charge is 0.356 e. The summed E-state index contributed by atoms with van der Waals surface area (Å²) >= 11 is 1.79. The van der Waals surface area contributed by atoms with Crippen molar-refractivity contribution in [3.63, 3.8) is 0 Å². The molecule has 28 heavy (non-hydrogen) atoms. The number of piperidine rings is 1. The van der Waals surface area contributed by atoms with Gasteiger partial charge in [0.15, 0.2) is 5.96 Å². The Hall–Kier alpha value is -1.92. The molecule has 1 aliphatic heterocycles. The van der Waals surface area contributed by atoms with Gasteiger partial charge in [-0.25, -0.2) is 4.98 Å². The van der Waals surface area contributed by atoms with E-state index in [0.29, 0.717) is 5.92 Å². The Labute approximate surface area is 173 Å². The molecule has 5 nitrogen and oxygen atoms in total. The molecule has 1 aromatic carbocycles. The predicted molar refractivity (Wildman–Crippen MR) is 119 cm³/mol. The maximum Gasteiger partial charge on any atom is 0.191 e. The first kappa shape index (κ1) is 20.8. The van der Waals surface area contributed by atoms with E-state index in [1.165, 1.54) is 29.1 Å². The van der Waals surface area contributed by atoms with Crippen LogP contribution in [0.1, 0.15) is 49.0 Å². The van der Waals surface area contributed by atoms with Gasteiger partial charge in [-0.2, -0.15) is 0 Å². The molecule has 6 heteroatoms. The van der Waals surface area contributed by atoms with Crippen LogP contribution in [0.25, 0.3) is 0 Å². The molecule has 0 radical (unpaired) electrons. The summed E-state index contributed by atoms with van der Waals surface area (Å²) in [7, 11) is 1.84. The standard InChI is InChI=1S/C22H33N5S/c1-4-21-26-20(16-28-21)15-27-12-10-18(11-13-27)14-24-22(23-3)25-17(2)19-8-6-5-7-9-19/h5-9,16-18H,4,10-15H2,1-3H3,(H2,23,24,25). The third-order valence-corrected chi connectivity index (χ3v) is 6.47. The van der Waals surface area contributed by atoms with Crippen LogP contribution < -0.4 is 10.6 Å². The number of likely N-dealkylation sites (tertiary alicyclic amines) is 1. The summed E-state index contributed by atoms with van der Waals surface area (Å²) in [5.74, 6) is 1.58. The summed E-state index contributed by atoms with van der Waals surface area (Å²) in [6.07, 6.45) is 3.49. The van der Waals surface area contributed by atoms with Gasteiger partial charge in [-0.1, -0.05) is 37.3 Å². The van der Waals surface area contributed by atoms with Crippen molar-refractivity contribution in [3.05, 3.63) is 52.0 Å². The second-order valence-corrected chi connectivity index (χ2v) is 8.48. The second-order valence-electron chi connectivity index (χ2n) is 7.54. The first-order valence-electron chi connectivity index (χ1n) is 10.4. The first-order valence-corrected chi connectivity index (χ1v) is 11.2. The van der Waals surface area contributed by atoms with E-state index in [4.69, 9.17) is 4.98 Å². The fourth-order valence-corrected chi connectivity index (χ4v) is 4.36. The van der Waals surface area contributed by atoms with Gasteiger partial charge in [-0.3, -0.25) is 9.89 Å². The minimum Gasteiger partial charge on any atom is -0.356 e. The van der Waals surface area contributed by atoms with Gasteiger partial charge in [0.25, 0.3) is 0 Å². The van der Waals surface area contributed by atoms with Crippen LogP contribution >= 0.6 is 11.3 Å². The van der Waals surface area contributed by atoms with Gasteiger partial charge in [0.05, 0.1) is 16.7 Å². The molecular weight excluding hydrogens is 366 g/mol. The highest BCUT2D eigenvalue weighted by Gasteiger charge is 2.20. The minimum atomic E-state index is 0.236. The SMILES string of the molecule is CCc1nc(CN2CCC(CNC(=NC)NC(C)c3ccccc3)CC2)cs1. The van der Waals surface area contributed by atoms with E-state index in [9.17, 15) is 0 Å². The van der Waals surface area contributed by atoms with Crippen LogP contribution in [0, 0.1) is 5.92 Å². The summed E-state index contributed by atoms with van der Waals surface area (Å²) in [5, 5.41) is 10.5. The zero-order valence-corrected chi connectivity index (χ0v) is 18.1. The molecule has 0 saturated carbocycles.